The van der Waals surface area contributed by atoms with E-state index >= 15 is 0 Å². The van der Waals surface area contributed by atoms with Crippen molar-refractivity contribution >= 4 is 17.0 Å². The number of rotatable bonds is 7. The van der Waals surface area contributed by atoms with Gasteiger partial charge in [0.25, 0.3) is 0 Å². The number of anilines is 1. The SMILES string of the molecule is CC(C)n1cnc2c(NCc3ccccc3)nc([C@@H](c3ccccc3)C(N)O)nc21. The number of nitrogens with two attached hydrogens (primary N) is 1. The molecule has 30 heavy (non-hydrogen) atoms. The Hall–Kier alpha value is -3.29. The Morgan fingerprint density at radius 2 is 1.67 bits per heavy atom. The lowest BCUT2D eigenvalue weighted by Gasteiger charge is -2.20. The zero-order valence-corrected chi connectivity index (χ0v) is 17.1. The number of benzene rings is 2. The number of fused-ring (bicyclic) bond motifs is 1. The van der Waals surface area contributed by atoms with Gasteiger partial charge in [-0.2, -0.15) is 0 Å². The number of aliphatic hydroxyl groups excluding tert-OH is 1. The zero-order valence-electron chi connectivity index (χ0n) is 17.1. The first-order valence-corrected chi connectivity index (χ1v) is 10.1. The molecule has 2 aromatic heterocycles. The summed E-state index contributed by atoms with van der Waals surface area (Å²) in [6, 6.07) is 19.9. The van der Waals surface area contributed by atoms with Gasteiger partial charge >= 0.3 is 0 Å². The molecule has 154 valence electrons. The number of nitrogens with zero attached hydrogens (tertiary/aromatic N) is 4. The van der Waals surface area contributed by atoms with Crippen molar-refractivity contribution < 1.29 is 5.11 Å². The molecule has 0 aliphatic heterocycles. The first-order valence-electron chi connectivity index (χ1n) is 10.1. The van der Waals surface area contributed by atoms with Gasteiger partial charge in [-0.3, -0.25) is 0 Å². The van der Waals surface area contributed by atoms with Crippen LogP contribution in [-0.4, -0.2) is 30.9 Å². The molecule has 4 rings (SSSR count). The molecule has 0 aliphatic rings. The van der Waals surface area contributed by atoms with E-state index in [0.29, 0.717) is 29.4 Å². The smallest absolute Gasteiger partial charge is 0.166 e. The van der Waals surface area contributed by atoms with E-state index in [1.165, 1.54) is 0 Å². The van der Waals surface area contributed by atoms with Gasteiger partial charge in [0.1, 0.15) is 17.6 Å². The van der Waals surface area contributed by atoms with E-state index in [1.807, 2.05) is 53.1 Å². The van der Waals surface area contributed by atoms with E-state index < -0.39 is 12.1 Å². The molecule has 0 fully saturated rings. The molecule has 0 aliphatic carbocycles. The Labute approximate surface area is 175 Å². The molecule has 7 nitrogen and oxygen atoms in total. The van der Waals surface area contributed by atoms with Crippen LogP contribution in [0, 0.1) is 0 Å². The fraction of sp³-hybridized carbons (Fsp3) is 0.261. The summed E-state index contributed by atoms with van der Waals surface area (Å²) in [5.41, 5.74) is 9.37. The number of hydrogen-bond acceptors (Lipinski definition) is 6. The van der Waals surface area contributed by atoms with Crippen LogP contribution in [0.5, 0.6) is 0 Å². The highest BCUT2D eigenvalue weighted by Crippen LogP contribution is 2.29. The van der Waals surface area contributed by atoms with Crippen LogP contribution < -0.4 is 11.1 Å². The third-order valence-electron chi connectivity index (χ3n) is 5.08. The second kappa shape index (κ2) is 8.61. The molecule has 2 atom stereocenters. The van der Waals surface area contributed by atoms with E-state index in [1.54, 1.807) is 6.33 Å². The van der Waals surface area contributed by atoms with E-state index in [2.05, 4.69) is 36.3 Å². The summed E-state index contributed by atoms with van der Waals surface area (Å²) in [6.07, 6.45) is 0.639. The lowest BCUT2D eigenvalue weighted by molar-refractivity contribution is 0.161. The average molecular weight is 403 g/mol. The van der Waals surface area contributed by atoms with Crippen molar-refractivity contribution in [1.82, 2.24) is 19.5 Å². The Kier molecular flexibility index (Phi) is 5.74. The molecule has 0 amide bonds. The lowest BCUT2D eigenvalue weighted by atomic mass is 9.96. The quantitative estimate of drug-likeness (QED) is 0.409. The van der Waals surface area contributed by atoms with Crippen LogP contribution in [-0.2, 0) is 6.54 Å². The van der Waals surface area contributed by atoms with E-state index in [4.69, 9.17) is 15.7 Å². The van der Waals surface area contributed by atoms with Gasteiger partial charge < -0.3 is 20.7 Å². The van der Waals surface area contributed by atoms with E-state index in [-0.39, 0.29) is 6.04 Å². The molecule has 1 unspecified atom stereocenters. The number of aliphatic hydroxyl groups is 1. The first kappa shape index (κ1) is 20.0. The molecule has 7 heteroatoms. The summed E-state index contributed by atoms with van der Waals surface area (Å²) in [4.78, 5) is 14.1. The minimum atomic E-state index is -1.14. The maximum absolute atomic E-state index is 10.4. The van der Waals surface area contributed by atoms with Gasteiger partial charge in [-0.15, -0.1) is 0 Å². The first-order chi connectivity index (χ1) is 14.5. The zero-order chi connectivity index (χ0) is 21.1. The second-order valence-corrected chi connectivity index (χ2v) is 7.57. The average Bonchev–Trinajstić information content (AvgIpc) is 3.18. The Morgan fingerprint density at radius 3 is 2.30 bits per heavy atom. The van der Waals surface area contributed by atoms with Gasteiger partial charge in [-0.05, 0) is 25.0 Å². The van der Waals surface area contributed by atoms with Crippen molar-refractivity contribution in [1.29, 1.82) is 0 Å². The lowest BCUT2D eigenvalue weighted by Crippen LogP contribution is -2.30. The number of imidazole rings is 1. The Bertz CT molecular complexity index is 1110. The van der Waals surface area contributed by atoms with Crippen molar-refractivity contribution in [2.24, 2.45) is 5.73 Å². The molecule has 4 N–H and O–H groups in total. The normalized spacial score (nSPS) is 13.5. The molecule has 2 aromatic carbocycles. The molecular formula is C23H26N6O. The fourth-order valence-electron chi connectivity index (χ4n) is 3.51. The minimum absolute atomic E-state index is 0.178. The maximum Gasteiger partial charge on any atom is 0.166 e. The van der Waals surface area contributed by atoms with E-state index in [9.17, 15) is 5.11 Å². The molecule has 0 saturated carbocycles. The predicted molar refractivity (Wildman–Crippen MR) is 118 cm³/mol. The van der Waals surface area contributed by atoms with Crippen molar-refractivity contribution in [3.05, 3.63) is 83.9 Å². The summed E-state index contributed by atoms with van der Waals surface area (Å²) in [5, 5.41) is 13.8. The second-order valence-electron chi connectivity index (χ2n) is 7.57. The highest BCUT2D eigenvalue weighted by atomic mass is 16.3. The van der Waals surface area contributed by atoms with Crippen LogP contribution >= 0.6 is 0 Å². The maximum atomic E-state index is 10.4. The minimum Gasteiger partial charge on any atom is -0.378 e. The van der Waals surface area contributed by atoms with Crippen LogP contribution in [0.3, 0.4) is 0 Å². The topological polar surface area (TPSA) is 102 Å². The molecule has 0 radical (unpaired) electrons. The van der Waals surface area contributed by atoms with Gasteiger partial charge in [0.15, 0.2) is 11.5 Å². The molecule has 4 aromatic rings. The Balaban J connectivity index is 1.82. The molecule has 2 heterocycles. The summed E-state index contributed by atoms with van der Waals surface area (Å²) >= 11 is 0. The standard InChI is InChI=1S/C23H26N6O/c1-15(2)29-14-26-19-22(25-13-16-9-5-3-6-10-16)27-21(28-23(19)29)18(20(24)30)17-11-7-4-8-12-17/h3-12,14-15,18,20,30H,13,24H2,1-2H3,(H,25,27,28)/t18-,20?/m0/s1. The van der Waals surface area contributed by atoms with E-state index in [0.717, 1.165) is 11.1 Å². The summed E-state index contributed by atoms with van der Waals surface area (Å²) in [7, 11) is 0. The molecule has 0 spiro atoms. The van der Waals surface area contributed by atoms with Gasteiger partial charge in [-0.1, -0.05) is 60.7 Å². The van der Waals surface area contributed by atoms with Crippen LogP contribution in [0.4, 0.5) is 5.82 Å². The van der Waals surface area contributed by atoms with Crippen molar-refractivity contribution in [2.45, 2.75) is 38.6 Å². The van der Waals surface area contributed by atoms with Crippen molar-refractivity contribution in [3.63, 3.8) is 0 Å². The van der Waals surface area contributed by atoms with Gasteiger partial charge in [0.05, 0.1) is 12.2 Å². The third kappa shape index (κ3) is 4.03. The van der Waals surface area contributed by atoms with Gasteiger partial charge in [0, 0.05) is 12.6 Å². The monoisotopic (exact) mass is 402 g/mol. The highest BCUT2D eigenvalue weighted by Gasteiger charge is 2.26. The number of hydrogen-bond donors (Lipinski definition) is 3. The molecule has 0 saturated heterocycles. The van der Waals surface area contributed by atoms with Crippen LogP contribution in [0.15, 0.2) is 67.0 Å². The van der Waals surface area contributed by atoms with Crippen LogP contribution in [0.25, 0.3) is 11.2 Å². The largest absolute Gasteiger partial charge is 0.378 e. The summed E-state index contributed by atoms with van der Waals surface area (Å²) in [5.74, 6) is 0.532. The third-order valence-corrected chi connectivity index (χ3v) is 5.08. The van der Waals surface area contributed by atoms with Crippen LogP contribution in [0.1, 0.15) is 42.8 Å². The highest BCUT2D eigenvalue weighted by molar-refractivity contribution is 5.83. The summed E-state index contributed by atoms with van der Waals surface area (Å²) < 4.78 is 2.00. The molecular weight excluding hydrogens is 376 g/mol. The predicted octanol–water partition coefficient (Wildman–Crippen LogP) is 3.43. The summed E-state index contributed by atoms with van der Waals surface area (Å²) in [6.45, 7) is 4.75. The molecule has 0 bridgehead atoms. The Morgan fingerprint density at radius 1 is 1.00 bits per heavy atom. The van der Waals surface area contributed by atoms with Crippen LogP contribution in [0.2, 0.25) is 0 Å². The van der Waals surface area contributed by atoms with Crippen molar-refractivity contribution in [2.75, 3.05) is 5.32 Å². The number of nitrogens with one attached hydrogen (secondary N) is 1. The fourth-order valence-corrected chi connectivity index (χ4v) is 3.51. The van der Waals surface area contributed by atoms with Gasteiger partial charge in [0.2, 0.25) is 0 Å². The number of aromatic nitrogens is 4. The van der Waals surface area contributed by atoms with Gasteiger partial charge in [-0.25, -0.2) is 15.0 Å². The van der Waals surface area contributed by atoms with Crippen molar-refractivity contribution in [3.8, 4) is 0 Å².